The molecular formula is C13H31NO4Si. The third kappa shape index (κ3) is 18.0. The van der Waals surface area contributed by atoms with E-state index in [0.29, 0.717) is 39.6 Å². The second-order valence-corrected chi connectivity index (χ2v) is 10.1. The van der Waals surface area contributed by atoms with E-state index in [-0.39, 0.29) is 0 Å². The molecule has 0 saturated carbocycles. The summed E-state index contributed by atoms with van der Waals surface area (Å²) in [4.78, 5) is 2.09. The van der Waals surface area contributed by atoms with Gasteiger partial charge in [-0.3, -0.25) is 0 Å². The Kier molecular flexibility index (Phi) is 11.8. The summed E-state index contributed by atoms with van der Waals surface area (Å²) in [6, 6.07) is 0. The molecule has 0 aromatic carbocycles. The fourth-order valence-electron chi connectivity index (χ4n) is 1.20. The van der Waals surface area contributed by atoms with Gasteiger partial charge >= 0.3 is 0 Å². The fourth-order valence-corrected chi connectivity index (χ4v) is 1.89. The molecule has 0 aliphatic carbocycles. The largest absolute Gasteiger partial charge is 0.415 e. The Bertz CT molecular complexity index is 198. The van der Waals surface area contributed by atoms with E-state index in [1.807, 2.05) is 14.1 Å². The molecule has 0 saturated heterocycles. The fraction of sp³-hybridized carbons (Fsp3) is 1.00. The van der Waals surface area contributed by atoms with Crippen LogP contribution in [0, 0.1) is 0 Å². The number of nitrogens with zero attached hydrogens (tertiary/aromatic N) is 1. The lowest BCUT2D eigenvalue weighted by molar-refractivity contribution is 0.00712. The summed E-state index contributed by atoms with van der Waals surface area (Å²) in [5.41, 5.74) is 0. The normalized spacial score (nSPS) is 12.3. The third-order valence-corrected chi connectivity index (χ3v) is 3.26. The van der Waals surface area contributed by atoms with Crippen molar-refractivity contribution in [2.75, 3.05) is 66.9 Å². The van der Waals surface area contributed by atoms with Crippen molar-refractivity contribution in [3.63, 3.8) is 0 Å². The van der Waals surface area contributed by atoms with Gasteiger partial charge in [-0.05, 0) is 33.7 Å². The molecule has 0 N–H and O–H groups in total. The molecule has 0 rings (SSSR count). The van der Waals surface area contributed by atoms with Crippen LogP contribution < -0.4 is 0 Å². The van der Waals surface area contributed by atoms with E-state index in [9.17, 15) is 0 Å². The first-order chi connectivity index (χ1) is 8.92. The standard InChI is InChI=1S/C13H31NO4Si/c1-14(2)6-7-15-8-9-16-10-11-17-12-13-18-19(3,4)5/h6-13H2,1-5H3. The SMILES string of the molecule is CN(C)CCOCCOCCOCCO[Si](C)(C)C. The summed E-state index contributed by atoms with van der Waals surface area (Å²) in [5.74, 6) is 0. The molecule has 0 amide bonds. The van der Waals surface area contributed by atoms with Gasteiger partial charge in [0.2, 0.25) is 0 Å². The molecule has 0 fully saturated rings. The predicted molar refractivity (Wildman–Crippen MR) is 80.3 cm³/mol. The first-order valence-corrected chi connectivity index (χ1v) is 10.3. The van der Waals surface area contributed by atoms with E-state index in [1.165, 1.54) is 0 Å². The summed E-state index contributed by atoms with van der Waals surface area (Å²) in [6.45, 7) is 12.0. The zero-order valence-corrected chi connectivity index (χ0v) is 14.2. The van der Waals surface area contributed by atoms with Gasteiger partial charge in [-0.2, -0.15) is 0 Å². The highest BCUT2D eigenvalue weighted by molar-refractivity contribution is 6.69. The van der Waals surface area contributed by atoms with Crippen LogP contribution in [0.1, 0.15) is 0 Å². The van der Waals surface area contributed by atoms with Crippen LogP contribution in [0.4, 0.5) is 0 Å². The smallest absolute Gasteiger partial charge is 0.183 e. The third-order valence-electron chi connectivity index (χ3n) is 2.19. The molecule has 0 aromatic heterocycles. The summed E-state index contributed by atoms with van der Waals surface area (Å²) >= 11 is 0. The summed E-state index contributed by atoms with van der Waals surface area (Å²) in [7, 11) is 2.67. The molecular weight excluding hydrogens is 262 g/mol. The summed E-state index contributed by atoms with van der Waals surface area (Å²) < 4.78 is 21.9. The first kappa shape index (κ1) is 19.0. The van der Waals surface area contributed by atoms with Gasteiger partial charge in [0, 0.05) is 6.54 Å². The Morgan fingerprint density at radius 2 is 1.11 bits per heavy atom. The zero-order chi connectivity index (χ0) is 14.6. The van der Waals surface area contributed by atoms with Crippen LogP contribution in [0.3, 0.4) is 0 Å². The molecule has 116 valence electrons. The highest BCUT2D eigenvalue weighted by atomic mass is 28.4. The van der Waals surface area contributed by atoms with Gasteiger partial charge in [0.1, 0.15) is 0 Å². The van der Waals surface area contributed by atoms with E-state index in [0.717, 1.165) is 13.2 Å². The molecule has 0 aliphatic rings. The Balaban J connectivity index is 3.03. The molecule has 6 heteroatoms. The number of hydrogen-bond donors (Lipinski definition) is 0. The van der Waals surface area contributed by atoms with Crippen LogP contribution >= 0.6 is 0 Å². The molecule has 0 spiro atoms. The van der Waals surface area contributed by atoms with E-state index < -0.39 is 8.32 Å². The minimum atomic E-state index is -1.39. The van der Waals surface area contributed by atoms with E-state index in [4.69, 9.17) is 18.6 Å². The highest BCUT2D eigenvalue weighted by Gasteiger charge is 2.12. The van der Waals surface area contributed by atoms with Gasteiger partial charge in [-0.15, -0.1) is 0 Å². The molecule has 0 aliphatic heterocycles. The zero-order valence-electron chi connectivity index (χ0n) is 13.2. The van der Waals surface area contributed by atoms with Gasteiger partial charge < -0.3 is 23.5 Å². The number of ether oxygens (including phenoxy) is 3. The molecule has 0 heterocycles. The lowest BCUT2D eigenvalue weighted by Crippen LogP contribution is -2.27. The minimum absolute atomic E-state index is 0.615. The lowest BCUT2D eigenvalue weighted by Gasteiger charge is -2.16. The van der Waals surface area contributed by atoms with Crippen LogP contribution in [0.15, 0.2) is 0 Å². The Morgan fingerprint density at radius 3 is 1.53 bits per heavy atom. The first-order valence-electron chi connectivity index (χ1n) is 6.94. The van der Waals surface area contributed by atoms with Crippen LogP contribution in [-0.4, -0.2) is 80.1 Å². The van der Waals surface area contributed by atoms with Gasteiger partial charge in [0.15, 0.2) is 8.32 Å². The second kappa shape index (κ2) is 11.8. The Morgan fingerprint density at radius 1 is 0.684 bits per heavy atom. The number of hydrogen-bond acceptors (Lipinski definition) is 5. The monoisotopic (exact) mass is 293 g/mol. The summed E-state index contributed by atoms with van der Waals surface area (Å²) in [5, 5.41) is 0. The van der Waals surface area contributed by atoms with Gasteiger partial charge in [0.25, 0.3) is 0 Å². The average molecular weight is 293 g/mol. The Labute approximate surface area is 119 Å². The molecule has 0 atom stereocenters. The van der Waals surface area contributed by atoms with Crippen molar-refractivity contribution in [3.05, 3.63) is 0 Å². The van der Waals surface area contributed by atoms with E-state index in [2.05, 4.69) is 24.5 Å². The van der Waals surface area contributed by atoms with Crippen molar-refractivity contribution in [3.8, 4) is 0 Å². The summed E-state index contributed by atoms with van der Waals surface area (Å²) in [6.07, 6.45) is 0. The van der Waals surface area contributed by atoms with Crippen LogP contribution in [-0.2, 0) is 18.6 Å². The van der Waals surface area contributed by atoms with E-state index >= 15 is 0 Å². The lowest BCUT2D eigenvalue weighted by atomic mass is 10.6. The van der Waals surface area contributed by atoms with Crippen molar-refractivity contribution < 1.29 is 18.6 Å². The maximum atomic E-state index is 5.67. The maximum absolute atomic E-state index is 5.67. The second-order valence-electron chi connectivity index (χ2n) is 5.60. The van der Waals surface area contributed by atoms with Crippen molar-refractivity contribution in [1.82, 2.24) is 4.90 Å². The van der Waals surface area contributed by atoms with Crippen LogP contribution in [0.25, 0.3) is 0 Å². The molecule has 19 heavy (non-hydrogen) atoms. The maximum Gasteiger partial charge on any atom is 0.183 e. The number of rotatable bonds is 13. The van der Waals surface area contributed by atoms with Gasteiger partial charge in [0.05, 0.1) is 46.2 Å². The van der Waals surface area contributed by atoms with Crippen LogP contribution in [0.2, 0.25) is 19.6 Å². The topological polar surface area (TPSA) is 40.2 Å². The Hall–Kier alpha value is 0.0169. The molecule has 0 radical (unpaired) electrons. The molecule has 0 unspecified atom stereocenters. The minimum Gasteiger partial charge on any atom is -0.415 e. The predicted octanol–water partition coefficient (Wildman–Crippen LogP) is 1.45. The van der Waals surface area contributed by atoms with E-state index in [1.54, 1.807) is 0 Å². The molecule has 0 bridgehead atoms. The van der Waals surface area contributed by atoms with Gasteiger partial charge in [-0.1, -0.05) is 0 Å². The number of likely N-dealkylation sites (N-methyl/N-ethyl adjacent to an activating group) is 1. The molecule has 0 aromatic rings. The molecule has 5 nitrogen and oxygen atoms in total. The van der Waals surface area contributed by atoms with Crippen molar-refractivity contribution in [2.45, 2.75) is 19.6 Å². The average Bonchev–Trinajstić information content (AvgIpc) is 2.28. The van der Waals surface area contributed by atoms with Crippen molar-refractivity contribution >= 4 is 8.32 Å². The highest BCUT2D eigenvalue weighted by Crippen LogP contribution is 2.01. The quantitative estimate of drug-likeness (QED) is 0.380. The van der Waals surface area contributed by atoms with Crippen LogP contribution in [0.5, 0.6) is 0 Å². The van der Waals surface area contributed by atoms with Crippen molar-refractivity contribution in [1.29, 1.82) is 0 Å². The van der Waals surface area contributed by atoms with Crippen molar-refractivity contribution in [2.24, 2.45) is 0 Å². The van der Waals surface area contributed by atoms with Gasteiger partial charge in [-0.25, -0.2) is 0 Å².